The van der Waals surface area contributed by atoms with Crippen LogP contribution in [0.1, 0.15) is 0 Å². The fourth-order valence-corrected chi connectivity index (χ4v) is 6.45. The standard InChI is InChI=1S/C43H27N3O/c1-3-12-28(13-4-1)29-22-24-31(25-23-29)37-26-33(27-39-40(37)36-19-9-10-21-38(36)47-39)42-44-41(32-15-5-2-6-16-32)45-43(46-42)35-20-11-17-30-14-7-8-18-34(30)35/h1-27H. The Morgan fingerprint density at radius 3 is 1.70 bits per heavy atom. The van der Waals surface area contributed by atoms with Gasteiger partial charge in [-0.1, -0.05) is 146 Å². The van der Waals surface area contributed by atoms with Gasteiger partial charge in [-0.2, -0.15) is 0 Å². The molecule has 0 aliphatic rings. The Hall–Kier alpha value is -6.39. The van der Waals surface area contributed by atoms with E-state index in [0.29, 0.717) is 17.5 Å². The lowest BCUT2D eigenvalue weighted by atomic mass is 9.95. The number of nitrogens with zero attached hydrogens (tertiary/aromatic N) is 3. The van der Waals surface area contributed by atoms with Crippen LogP contribution in [-0.2, 0) is 0 Å². The summed E-state index contributed by atoms with van der Waals surface area (Å²) in [5.41, 5.74) is 8.91. The van der Waals surface area contributed by atoms with Crippen molar-refractivity contribution in [3.63, 3.8) is 0 Å². The molecular weight excluding hydrogens is 574 g/mol. The highest BCUT2D eigenvalue weighted by molar-refractivity contribution is 6.13. The van der Waals surface area contributed by atoms with Crippen LogP contribution in [0.15, 0.2) is 168 Å². The minimum atomic E-state index is 0.589. The van der Waals surface area contributed by atoms with Gasteiger partial charge in [-0.05, 0) is 51.2 Å². The van der Waals surface area contributed by atoms with Gasteiger partial charge >= 0.3 is 0 Å². The zero-order valence-corrected chi connectivity index (χ0v) is 25.3. The van der Waals surface area contributed by atoms with Gasteiger partial charge in [-0.3, -0.25) is 0 Å². The molecule has 0 aliphatic heterocycles. The van der Waals surface area contributed by atoms with Gasteiger partial charge in [0.05, 0.1) is 0 Å². The van der Waals surface area contributed by atoms with Crippen molar-refractivity contribution in [3.05, 3.63) is 164 Å². The van der Waals surface area contributed by atoms with Crippen LogP contribution in [0.2, 0.25) is 0 Å². The van der Waals surface area contributed by atoms with Crippen LogP contribution in [0.25, 0.3) is 89.1 Å². The Bertz CT molecular complexity index is 2550. The van der Waals surface area contributed by atoms with E-state index in [1.807, 2.05) is 48.5 Å². The second-order valence-corrected chi connectivity index (χ2v) is 11.6. The van der Waals surface area contributed by atoms with Crippen LogP contribution in [0.3, 0.4) is 0 Å². The maximum absolute atomic E-state index is 6.49. The average molecular weight is 602 g/mol. The summed E-state index contributed by atoms with van der Waals surface area (Å²) >= 11 is 0. The zero-order valence-electron chi connectivity index (χ0n) is 25.3. The van der Waals surface area contributed by atoms with Crippen LogP contribution in [-0.4, -0.2) is 15.0 Å². The molecule has 0 unspecified atom stereocenters. The molecule has 0 aliphatic carbocycles. The molecule has 9 aromatic rings. The van der Waals surface area contributed by atoms with Gasteiger partial charge in [0.25, 0.3) is 0 Å². The number of benzene rings is 7. The molecule has 0 saturated heterocycles. The molecule has 0 spiro atoms. The number of hydrogen-bond donors (Lipinski definition) is 0. The van der Waals surface area contributed by atoms with E-state index in [4.69, 9.17) is 19.4 Å². The maximum atomic E-state index is 6.49. The van der Waals surface area contributed by atoms with E-state index in [1.165, 1.54) is 11.1 Å². The van der Waals surface area contributed by atoms with E-state index in [2.05, 4.69) is 115 Å². The number of furan rings is 1. The Morgan fingerprint density at radius 1 is 0.340 bits per heavy atom. The van der Waals surface area contributed by atoms with Crippen molar-refractivity contribution in [1.82, 2.24) is 15.0 Å². The maximum Gasteiger partial charge on any atom is 0.164 e. The number of para-hydroxylation sites is 1. The van der Waals surface area contributed by atoms with Crippen molar-refractivity contribution in [3.8, 4) is 56.4 Å². The largest absolute Gasteiger partial charge is 0.456 e. The topological polar surface area (TPSA) is 51.8 Å². The van der Waals surface area contributed by atoms with Gasteiger partial charge < -0.3 is 4.42 Å². The molecule has 9 rings (SSSR count). The highest BCUT2D eigenvalue weighted by Crippen LogP contribution is 2.40. The monoisotopic (exact) mass is 601 g/mol. The third-order valence-corrected chi connectivity index (χ3v) is 8.74. The van der Waals surface area contributed by atoms with Crippen molar-refractivity contribution in [2.24, 2.45) is 0 Å². The first-order valence-corrected chi connectivity index (χ1v) is 15.7. The minimum absolute atomic E-state index is 0.589. The molecule has 4 heteroatoms. The summed E-state index contributed by atoms with van der Waals surface area (Å²) in [6.45, 7) is 0. The molecule has 47 heavy (non-hydrogen) atoms. The van der Waals surface area contributed by atoms with Crippen LogP contribution in [0, 0.1) is 0 Å². The van der Waals surface area contributed by atoms with Crippen molar-refractivity contribution >= 4 is 32.7 Å². The SMILES string of the molecule is c1ccc(-c2ccc(-c3cc(-c4nc(-c5ccccc5)nc(-c5cccc6ccccc56)n4)cc4oc5ccccc5c34)cc2)cc1. The number of aromatic nitrogens is 3. The minimum Gasteiger partial charge on any atom is -0.456 e. The Labute approximate surface area is 271 Å². The summed E-state index contributed by atoms with van der Waals surface area (Å²) in [4.78, 5) is 15.2. The molecule has 4 nitrogen and oxygen atoms in total. The Balaban J connectivity index is 1.28. The quantitative estimate of drug-likeness (QED) is 0.197. The highest BCUT2D eigenvalue weighted by Gasteiger charge is 2.19. The molecule has 2 aromatic heterocycles. The average Bonchev–Trinajstić information content (AvgIpc) is 3.53. The second kappa shape index (κ2) is 11.2. The lowest BCUT2D eigenvalue weighted by Gasteiger charge is -2.12. The normalized spacial score (nSPS) is 11.4. The van der Waals surface area contributed by atoms with Gasteiger partial charge in [0.15, 0.2) is 17.5 Å². The van der Waals surface area contributed by atoms with Gasteiger partial charge in [-0.15, -0.1) is 0 Å². The first-order valence-electron chi connectivity index (χ1n) is 15.7. The summed E-state index contributed by atoms with van der Waals surface area (Å²) in [6.07, 6.45) is 0. The molecule has 0 saturated carbocycles. The molecule has 0 radical (unpaired) electrons. The molecule has 0 bridgehead atoms. The number of hydrogen-bond acceptors (Lipinski definition) is 4. The number of fused-ring (bicyclic) bond motifs is 4. The smallest absolute Gasteiger partial charge is 0.164 e. The van der Waals surface area contributed by atoms with Gasteiger partial charge in [-0.25, -0.2) is 15.0 Å². The summed E-state index contributed by atoms with van der Waals surface area (Å²) in [6, 6.07) is 56.3. The fraction of sp³-hybridized carbons (Fsp3) is 0. The molecule has 220 valence electrons. The molecule has 0 N–H and O–H groups in total. The van der Waals surface area contributed by atoms with Gasteiger partial charge in [0.1, 0.15) is 11.2 Å². The van der Waals surface area contributed by atoms with Crippen molar-refractivity contribution < 1.29 is 4.42 Å². The molecular formula is C43H27N3O. The lowest BCUT2D eigenvalue weighted by Crippen LogP contribution is -2.00. The van der Waals surface area contributed by atoms with Crippen LogP contribution in [0.5, 0.6) is 0 Å². The summed E-state index contributed by atoms with van der Waals surface area (Å²) in [5, 5.41) is 4.38. The molecule has 0 amide bonds. The molecule has 0 fully saturated rings. The van der Waals surface area contributed by atoms with E-state index in [0.717, 1.165) is 60.5 Å². The molecule has 2 heterocycles. The van der Waals surface area contributed by atoms with Crippen LogP contribution < -0.4 is 0 Å². The predicted octanol–water partition coefficient (Wildman–Crippen LogP) is 11.3. The number of rotatable bonds is 5. The Morgan fingerprint density at radius 2 is 0.915 bits per heavy atom. The Kier molecular flexibility index (Phi) is 6.43. The predicted molar refractivity (Wildman–Crippen MR) is 192 cm³/mol. The summed E-state index contributed by atoms with van der Waals surface area (Å²) in [5.74, 6) is 1.84. The summed E-state index contributed by atoms with van der Waals surface area (Å²) in [7, 11) is 0. The van der Waals surface area contributed by atoms with E-state index in [1.54, 1.807) is 0 Å². The fourth-order valence-electron chi connectivity index (χ4n) is 6.45. The first kappa shape index (κ1) is 27.0. The van der Waals surface area contributed by atoms with Gasteiger partial charge in [0.2, 0.25) is 0 Å². The third-order valence-electron chi connectivity index (χ3n) is 8.74. The van der Waals surface area contributed by atoms with E-state index in [9.17, 15) is 0 Å². The first-order chi connectivity index (χ1) is 23.3. The van der Waals surface area contributed by atoms with Gasteiger partial charge in [0, 0.05) is 27.5 Å². The zero-order chi connectivity index (χ0) is 31.2. The second-order valence-electron chi connectivity index (χ2n) is 11.6. The van der Waals surface area contributed by atoms with E-state index in [-0.39, 0.29) is 0 Å². The highest BCUT2D eigenvalue weighted by atomic mass is 16.3. The van der Waals surface area contributed by atoms with Crippen LogP contribution >= 0.6 is 0 Å². The molecule has 0 atom stereocenters. The van der Waals surface area contributed by atoms with Crippen molar-refractivity contribution in [1.29, 1.82) is 0 Å². The van der Waals surface area contributed by atoms with Crippen LogP contribution in [0.4, 0.5) is 0 Å². The van der Waals surface area contributed by atoms with E-state index < -0.39 is 0 Å². The summed E-state index contributed by atoms with van der Waals surface area (Å²) < 4.78 is 6.49. The van der Waals surface area contributed by atoms with Crippen molar-refractivity contribution in [2.75, 3.05) is 0 Å². The van der Waals surface area contributed by atoms with Crippen molar-refractivity contribution in [2.45, 2.75) is 0 Å². The third kappa shape index (κ3) is 4.84. The lowest BCUT2D eigenvalue weighted by molar-refractivity contribution is 0.669. The van der Waals surface area contributed by atoms with E-state index >= 15 is 0 Å². The molecule has 7 aromatic carbocycles.